The van der Waals surface area contributed by atoms with Crippen molar-refractivity contribution >= 4 is 33.2 Å². The molecule has 1 aromatic heterocycles. The average Bonchev–Trinajstić information content (AvgIpc) is 3.27. The van der Waals surface area contributed by atoms with Crippen molar-refractivity contribution in [1.82, 2.24) is 5.32 Å². The van der Waals surface area contributed by atoms with Crippen molar-refractivity contribution in [3.05, 3.63) is 83.3 Å². The number of nitrogens with zero attached hydrogens (tertiary/aromatic N) is 1. The Hall–Kier alpha value is -3.59. The zero-order chi connectivity index (χ0) is 24.2. The lowest BCUT2D eigenvalue weighted by Gasteiger charge is -2.30. The number of nitrogens with one attached hydrogen (secondary N) is 2. The molecule has 0 saturated carbocycles. The molecule has 0 spiro atoms. The van der Waals surface area contributed by atoms with Gasteiger partial charge in [-0.05, 0) is 62.2 Å². The van der Waals surface area contributed by atoms with E-state index in [0.717, 1.165) is 21.7 Å². The van der Waals surface area contributed by atoms with Crippen molar-refractivity contribution in [1.29, 1.82) is 0 Å². The zero-order valence-electron chi connectivity index (χ0n) is 19.0. The van der Waals surface area contributed by atoms with Crippen LogP contribution in [0.15, 0.2) is 65.3 Å². The van der Waals surface area contributed by atoms with Gasteiger partial charge in [-0.2, -0.15) is 0 Å². The van der Waals surface area contributed by atoms with E-state index in [9.17, 15) is 18.0 Å². The van der Waals surface area contributed by atoms with Crippen LogP contribution < -0.4 is 14.9 Å². The summed E-state index contributed by atoms with van der Waals surface area (Å²) in [7, 11) is -3.77. The molecule has 2 aromatic carbocycles. The zero-order valence-corrected chi connectivity index (χ0v) is 19.8. The fourth-order valence-electron chi connectivity index (χ4n) is 3.44. The molecule has 0 aliphatic carbocycles. The highest BCUT2D eigenvalue weighted by Crippen LogP contribution is 2.27. The predicted octanol–water partition coefficient (Wildman–Crippen LogP) is 3.62. The summed E-state index contributed by atoms with van der Waals surface area (Å²) in [4.78, 5) is 25.8. The summed E-state index contributed by atoms with van der Waals surface area (Å²) in [5.41, 5.74) is 2.56. The molecule has 0 saturated heterocycles. The maximum atomic E-state index is 13.1. The molecule has 0 unspecified atom stereocenters. The first-order valence-corrected chi connectivity index (χ1v) is 12.2. The van der Waals surface area contributed by atoms with Crippen molar-refractivity contribution in [2.75, 3.05) is 15.9 Å². The second-order valence-corrected chi connectivity index (χ2v) is 9.68. The normalized spacial score (nSPS) is 12.1. The predicted molar refractivity (Wildman–Crippen MR) is 128 cm³/mol. The molecule has 3 aromatic rings. The molecule has 0 aliphatic rings. The molecule has 174 valence electrons. The molecular formula is C24H27N3O5S. The van der Waals surface area contributed by atoms with Crippen LogP contribution in [0.25, 0.3) is 0 Å². The summed E-state index contributed by atoms with van der Waals surface area (Å²) >= 11 is 0. The van der Waals surface area contributed by atoms with E-state index in [0.29, 0.717) is 11.4 Å². The van der Waals surface area contributed by atoms with Crippen LogP contribution in [0.4, 0.5) is 11.4 Å². The van der Waals surface area contributed by atoms with E-state index in [1.54, 1.807) is 49.4 Å². The van der Waals surface area contributed by atoms with Gasteiger partial charge < -0.3 is 15.1 Å². The fourth-order valence-corrected chi connectivity index (χ4v) is 4.67. The van der Waals surface area contributed by atoms with E-state index in [1.807, 2.05) is 19.1 Å². The lowest BCUT2D eigenvalue weighted by atomic mass is 10.1. The first kappa shape index (κ1) is 24.1. The van der Waals surface area contributed by atoms with Gasteiger partial charge in [-0.1, -0.05) is 24.3 Å². The summed E-state index contributed by atoms with van der Waals surface area (Å²) in [6, 6.07) is 14.4. The molecule has 2 N–H and O–H groups in total. The Morgan fingerprint density at radius 1 is 1.06 bits per heavy atom. The lowest BCUT2D eigenvalue weighted by molar-refractivity contribution is -0.116. The van der Waals surface area contributed by atoms with Gasteiger partial charge in [0.2, 0.25) is 15.9 Å². The van der Waals surface area contributed by atoms with Crippen molar-refractivity contribution in [2.24, 2.45) is 0 Å². The highest BCUT2D eigenvalue weighted by molar-refractivity contribution is 7.92. The third-order valence-corrected chi connectivity index (χ3v) is 6.35. The molecule has 9 heteroatoms. The monoisotopic (exact) mass is 469 g/mol. The fraction of sp³-hybridized carbons (Fsp3) is 0.250. The molecule has 2 amide bonds. The molecule has 3 rings (SSSR count). The van der Waals surface area contributed by atoms with Gasteiger partial charge in [-0.15, -0.1) is 0 Å². The minimum atomic E-state index is -3.77. The van der Waals surface area contributed by atoms with E-state index >= 15 is 0 Å². The number of amides is 2. The quantitative estimate of drug-likeness (QED) is 0.524. The summed E-state index contributed by atoms with van der Waals surface area (Å²) < 4.78 is 31.6. The van der Waals surface area contributed by atoms with Gasteiger partial charge in [0.05, 0.1) is 36.0 Å². The van der Waals surface area contributed by atoms with Gasteiger partial charge >= 0.3 is 0 Å². The van der Waals surface area contributed by atoms with Gasteiger partial charge in [0, 0.05) is 0 Å². The molecule has 33 heavy (non-hydrogen) atoms. The smallest absolute Gasteiger partial charge is 0.253 e. The maximum Gasteiger partial charge on any atom is 0.253 e. The van der Waals surface area contributed by atoms with Crippen molar-refractivity contribution in [3.63, 3.8) is 0 Å². The molecule has 1 atom stereocenters. The van der Waals surface area contributed by atoms with Crippen LogP contribution in [0.3, 0.4) is 0 Å². The minimum absolute atomic E-state index is 0.193. The number of hydrogen-bond donors (Lipinski definition) is 2. The van der Waals surface area contributed by atoms with Crippen molar-refractivity contribution < 1.29 is 22.4 Å². The van der Waals surface area contributed by atoms with Crippen molar-refractivity contribution in [3.8, 4) is 0 Å². The Balaban J connectivity index is 1.84. The molecule has 0 bridgehead atoms. The number of benzene rings is 2. The van der Waals surface area contributed by atoms with Gasteiger partial charge in [0.25, 0.3) is 5.91 Å². The Morgan fingerprint density at radius 2 is 1.79 bits per heavy atom. The highest BCUT2D eigenvalue weighted by atomic mass is 32.2. The Labute approximate surface area is 193 Å². The summed E-state index contributed by atoms with van der Waals surface area (Å²) in [5, 5.41) is 5.45. The molecule has 1 heterocycles. The number of sulfonamides is 1. The standard InChI is InChI=1S/C24H27N3O5S/c1-16-11-12-17(2)22(14-16)27(33(4,30)31)18(3)23(28)26-21-10-6-5-9-20(21)24(29)25-15-19-8-7-13-32-19/h5-14,18H,15H2,1-4H3,(H,25,29)(H,26,28)/t18-/m0/s1. The summed E-state index contributed by atoms with van der Waals surface area (Å²) in [5.74, 6) is -0.368. The van der Waals surface area contributed by atoms with Crippen LogP contribution >= 0.6 is 0 Å². The molecular weight excluding hydrogens is 442 g/mol. The van der Waals surface area contributed by atoms with Gasteiger partial charge in [0.15, 0.2) is 0 Å². The second-order valence-electron chi connectivity index (χ2n) is 7.82. The van der Waals surface area contributed by atoms with Crippen LogP contribution in [-0.2, 0) is 21.4 Å². The van der Waals surface area contributed by atoms with Crippen LogP contribution in [0, 0.1) is 13.8 Å². The summed E-state index contributed by atoms with van der Waals surface area (Å²) in [6.07, 6.45) is 2.58. The topological polar surface area (TPSA) is 109 Å². The Bertz CT molecular complexity index is 1250. The van der Waals surface area contributed by atoms with Gasteiger partial charge in [0.1, 0.15) is 11.8 Å². The molecule has 8 nitrogen and oxygen atoms in total. The lowest BCUT2D eigenvalue weighted by Crippen LogP contribution is -2.46. The number of aryl methyl sites for hydroxylation is 2. The van der Waals surface area contributed by atoms with Crippen LogP contribution in [0.1, 0.15) is 34.2 Å². The van der Waals surface area contributed by atoms with Crippen LogP contribution in [-0.4, -0.2) is 32.5 Å². The first-order chi connectivity index (χ1) is 15.6. The third-order valence-electron chi connectivity index (χ3n) is 5.12. The minimum Gasteiger partial charge on any atom is -0.467 e. The van der Waals surface area contributed by atoms with E-state index in [2.05, 4.69) is 10.6 Å². The number of anilines is 2. The van der Waals surface area contributed by atoms with Crippen LogP contribution in [0.5, 0.6) is 0 Å². The average molecular weight is 470 g/mol. The van der Waals surface area contributed by atoms with E-state index < -0.39 is 27.9 Å². The number of para-hydroxylation sites is 1. The second kappa shape index (κ2) is 9.91. The summed E-state index contributed by atoms with van der Waals surface area (Å²) in [6.45, 7) is 5.35. The number of carbonyl (C=O) groups excluding carboxylic acids is 2. The van der Waals surface area contributed by atoms with E-state index in [4.69, 9.17) is 4.42 Å². The molecule has 0 fully saturated rings. The van der Waals surface area contributed by atoms with Gasteiger partial charge in [-0.3, -0.25) is 13.9 Å². The Morgan fingerprint density at radius 3 is 2.45 bits per heavy atom. The molecule has 0 aliphatic heterocycles. The number of furan rings is 1. The maximum absolute atomic E-state index is 13.1. The number of rotatable bonds is 8. The number of hydrogen-bond acceptors (Lipinski definition) is 5. The largest absolute Gasteiger partial charge is 0.467 e. The van der Waals surface area contributed by atoms with Crippen molar-refractivity contribution in [2.45, 2.75) is 33.4 Å². The van der Waals surface area contributed by atoms with E-state index in [1.165, 1.54) is 13.2 Å². The van der Waals surface area contributed by atoms with E-state index in [-0.39, 0.29) is 17.8 Å². The third kappa shape index (κ3) is 5.81. The Kier molecular flexibility index (Phi) is 7.23. The van der Waals surface area contributed by atoms with Gasteiger partial charge in [-0.25, -0.2) is 8.42 Å². The molecule has 0 radical (unpaired) electrons. The number of carbonyl (C=O) groups is 2. The first-order valence-electron chi connectivity index (χ1n) is 10.3. The van der Waals surface area contributed by atoms with Crippen LogP contribution in [0.2, 0.25) is 0 Å². The highest BCUT2D eigenvalue weighted by Gasteiger charge is 2.30. The SMILES string of the molecule is Cc1ccc(C)c(N([C@@H](C)C(=O)Nc2ccccc2C(=O)NCc2ccco2)S(C)(=O)=O)c1.